The van der Waals surface area contributed by atoms with Crippen molar-refractivity contribution >= 4 is 23.6 Å². The molecule has 0 spiro atoms. The SMILES string of the molecule is CCOc1ccc(NC(=O)/C(=C\c2ccc(OCC)c(OC)c2)NC(=O)c2ccccc2)cc1. The first-order valence-electron chi connectivity index (χ1n) is 11.0. The maximum atomic E-state index is 13.1. The van der Waals surface area contributed by atoms with E-state index in [2.05, 4.69) is 10.6 Å². The van der Waals surface area contributed by atoms with Crippen molar-refractivity contribution in [3.8, 4) is 17.2 Å². The molecule has 176 valence electrons. The van der Waals surface area contributed by atoms with E-state index in [0.29, 0.717) is 47.3 Å². The lowest BCUT2D eigenvalue weighted by atomic mass is 10.1. The largest absolute Gasteiger partial charge is 0.494 e. The molecule has 0 atom stereocenters. The summed E-state index contributed by atoms with van der Waals surface area (Å²) in [6.07, 6.45) is 1.59. The summed E-state index contributed by atoms with van der Waals surface area (Å²) in [6.45, 7) is 4.83. The van der Waals surface area contributed by atoms with Gasteiger partial charge in [0.05, 0.1) is 20.3 Å². The Bertz CT molecular complexity index is 1140. The van der Waals surface area contributed by atoms with Gasteiger partial charge in [-0.1, -0.05) is 24.3 Å². The number of hydrogen-bond donors (Lipinski definition) is 2. The molecule has 0 fully saturated rings. The quantitative estimate of drug-likeness (QED) is 0.420. The molecule has 3 rings (SSSR count). The average molecular weight is 461 g/mol. The van der Waals surface area contributed by atoms with Gasteiger partial charge >= 0.3 is 0 Å². The van der Waals surface area contributed by atoms with Gasteiger partial charge in [-0.2, -0.15) is 0 Å². The molecule has 7 heteroatoms. The van der Waals surface area contributed by atoms with Crippen LogP contribution in [-0.2, 0) is 4.79 Å². The molecule has 7 nitrogen and oxygen atoms in total. The predicted octanol–water partition coefficient (Wildman–Crippen LogP) is 4.90. The zero-order valence-corrected chi connectivity index (χ0v) is 19.5. The molecule has 0 heterocycles. The molecule has 34 heavy (non-hydrogen) atoms. The Kier molecular flexibility index (Phi) is 8.68. The van der Waals surface area contributed by atoms with Gasteiger partial charge in [-0.3, -0.25) is 9.59 Å². The predicted molar refractivity (Wildman–Crippen MR) is 132 cm³/mol. The number of rotatable bonds is 10. The molecule has 3 aromatic rings. The average Bonchev–Trinajstić information content (AvgIpc) is 2.86. The lowest BCUT2D eigenvalue weighted by molar-refractivity contribution is -0.113. The maximum Gasteiger partial charge on any atom is 0.272 e. The lowest BCUT2D eigenvalue weighted by Gasteiger charge is -2.13. The number of anilines is 1. The Labute approximate surface area is 199 Å². The van der Waals surface area contributed by atoms with Crippen LogP contribution in [0.15, 0.2) is 78.5 Å². The molecular formula is C27H28N2O5. The second-order valence-electron chi connectivity index (χ2n) is 7.13. The zero-order chi connectivity index (χ0) is 24.3. The topological polar surface area (TPSA) is 85.9 Å². The van der Waals surface area contributed by atoms with Crippen molar-refractivity contribution in [3.63, 3.8) is 0 Å². The minimum absolute atomic E-state index is 0.0777. The summed E-state index contributed by atoms with van der Waals surface area (Å²) in [4.78, 5) is 25.9. The number of carbonyl (C=O) groups excluding carboxylic acids is 2. The fraction of sp³-hybridized carbons (Fsp3) is 0.185. The summed E-state index contributed by atoms with van der Waals surface area (Å²) in [5.74, 6) is 0.954. The van der Waals surface area contributed by atoms with Crippen molar-refractivity contribution < 1.29 is 23.8 Å². The van der Waals surface area contributed by atoms with Gasteiger partial charge in [-0.25, -0.2) is 0 Å². The highest BCUT2D eigenvalue weighted by atomic mass is 16.5. The third kappa shape index (κ3) is 6.62. The van der Waals surface area contributed by atoms with Gasteiger partial charge in [0.25, 0.3) is 11.8 Å². The smallest absolute Gasteiger partial charge is 0.272 e. The van der Waals surface area contributed by atoms with E-state index in [1.54, 1.807) is 79.9 Å². The normalized spacial score (nSPS) is 10.9. The van der Waals surface area contributed by atoms with Crippen LogP contribution in [0.1, 0.15) is 29.8 Å². The monoisotopic (exact) mass is 460 g/mol. The summed E-state index contributed by atoms with van der Waals surface area (Å²) in [5.41, 5.74) is 1.74. The standard InChI is InChI=1S/C27H28N2O5/c1-4-33-22-14-12-21(13-15-22)28-27(31)23(29-26(30)20-9-7-6-8-10-20)17-19-11-16-24(34-5-2)25(18-19)32-3/h6-18H,4-5H2,1-3H3,(H,28,31)(H,29,30)/b23-17+. The first-order valence-corrected chi connectivity index (χ1v) is 11.0. The van der Waals surface area contributed by atoms with Crippen LogP contribution in [0.5, 0.6) is 17.2 Å². The molecule has 0 aliphatic heterocycles. The fourth-order valence-corrected chi connectivity index (χ4v) is 3.16. The van der Waals surface area contributed by atoms with Gasteiger partial charge in [0, 0.05) is 11.3 Å². The molecule has 0 saturated carbocycles. The molecule has 0 aliphatic rings. The van der Waals surface area contributed by atoms with Crippen LogP contribution in [0.25, 0.3) is 6.08 Å². The number of carbonyl (C=O) groups is 2. The van der Waals surface area contributed by atoms with Crippen LogP contribution >= 0.6 is 0 Å². The van der Waals surface area contributed by atoms with Crippen molar-refractivity contribution in [3.05, 3.63) is 89.6 Å². The number of nitrogens with one attached hydrogen (secondary N) is 2. The van der Waals surface area contributed by atoms with Gasteiger partial charge in [0.2, 0.25) is 0 Å². The van der Waals surface area contributed by atoms with Crippen molar-refractivity contribution in [1.29, 1.82) is 0 Å². The Morgan fingerprint density at radius 1 is 0.853 bits per heavy atom. The second kappa shape index (κ2) is 12.1. The van der Waals surface area contributed by atoms with E-state index in [1.807, 2.05) is 19.9 Å². The molecule has 3 aromatic carbocycles. The number of amides is 2. The van der Waals surface area contributed by atoms with Crippen molar-refractivity contribution in [2.45, 2.75) is 13.8 Å². The van der Waals surface area contributed by atoms with Crippen molar-refractivity contribution in [2.75, 3.05) is 25.6 Å². The lowest BCUT2D eigenvalue weighted by Crippen LogP contribution is -2.30. The summed E-state index contributed by atoms with van der Waals surface area (Å²) < 4.78 is 16.4. The Morgan fingerprint density at radius 2 is 1.56 bits per heavy atom. The van der Waals surface area contributed by atoms with Crippen LogP contribution < -0.4 is 24.8 Å². The third-order valence-corrected chi connectivity index (χ3v) is 4.75. The second-order valence-corrected chi connectivity index (χ2v) is 7.13. The zero-order valence-electron chi connectivity index (χ0n) is 19.5. The molecule has 0 radical (unpaired) electrons. The molecule has 2 N–H and O–H groups in total. The van der Waals surface area contributed by atoms with Gasteiger partial charge in [-0.05, 0) is 74.0 Å². The van der Waals surface area contributed by atoms with E-state index in [-0.39, 0.29) is 5.70 Å². The molecule has 0 unspecified atom stereocenters. The number of methoxy groups -OCH3 is 1. The number of benzene rings is 3. The highest BCUT2D eigenvalue weighted by molar-refractivity contribution is 6.10. The minimum atomic E-state index is -0.471. The molecule has 2 amide bonds. The van der Waals surface area contributed by atoms with E-state index in [9.17, 15) is 9.59 Å². The molecule has 0 saturated heterocycles. The summed E-state index contributed by atoms with van der Waals surface area (Å²) in [7, 11) is 1.54. The van der Waals surface area contributed by atoms with E-state index < -0.39 is 11.8 Å². The third-order valence-electron chi connectivity index (χ3n) is 4.75. The Balaban J connectivity index is 1.89. The minimum Gasteiger partial charge on any atom is -0.494 e. The summed E-state index contributed by atoms with van der Waals surface area (Å²) >= 11 is 0. The van der Waals surface area contributed by atoms with Crippen LogP contribution in [0.4, 0.5) is 5.69 Å². The van der Waals surface area contributed by atoms with Crippen LogP contribution in [0.3, 0.4) is 0 Å². The van der Waals surface area contributed by atoms with Gasteiger partial charge < -0.3 is 24.8 Å². The summed E-state index contributed by atoms with van der Waals surface area (Å²) in [6, 6.07) is 21.0. The van der Waals surface area contributed by atoms with Crippen LogP contribution in [0, 0.1) is 0 Å². The number of hydrogen-bond acceptors (Lipinski definition) is 5. The molecular weight excluding hydrogens is 432 g/mol. The first kappa shape index (κ1) is 24.4. The molecule has 0 aliphatic carbocycles. The van der Waals surface area contributed by atoms with Gasteiger partial charge in [0.1, 0.15) is 11.4 Å². The summed E-state index contributed by atoms with van der Waals surface area (Å²) in [5, 5.41) is 5.54. The molecule has 0 bridgehead atoms. The Hall–Kier alpha value is -4.26. The highest BCUT2D eigenvalue weighted by Gasteiger charge is 2.16. The van der Waals surface area contributed by atoms with E-state index in [4.69, 9.17) is 14.2 Å². The highest BCUT2D eigenvalue weighted by Crippen LogP contribution is 2.29. The van der Waals surface area contributed by atoms with Crippen molar-refractivity contribution in [2.24, 2.45) is 0 Å². The van der Waals surface area contributed by atoms with E-state index in [0.717, 1.165) is 0 Å². The van der Waals surface area contributed by atoms with Crippen molar-refractivity contribution in [1.82, 2.24) is 5.32 Å². The van der Waals surface area contributed by atoms with Crippen LogP contribution in [-0.4, -0.2) is 32.1 Å². The van der Waals surface area contributed by atoms with Gasteiger partial charge in [0.15, 0.2) is 11.5 Å². The van der Waals surface area contributed by atoms with E-state index in [1.165, 1.54) is 0 Å². The maximum absolute atomic E-state index is 13.1. The Morgan fingerprint density at radius 3 is 2.21 bits per heavy atom. The molecule has 0 aromatic heterocycles. The fourth-order valence-electron chi connectivity index (χ4n) is 3.16. The van der Waals surface area contributed by atoms with Crippen LogP contribution in [0.2, 0.25) is 0 Å². The van der Waals surface area contributed by atoms with Gasteiger partial charge in [-0.15, -0.1) is 0 Å². The van der Waals surface area contributed by atoms with E-state index >= 15 is 0 Å². The first-order chi connectivity index (χ1) is 16.5. The number of ether oxygens (including phenoxy) is 3.